The van der Waals surface area contributed by atoms with E-state index in [1.807, 2.05) is 35.1 Å². The second-order valence-corrected chi connectivity index (χ2v) is 6.28. The maximum Gasteiger partial charge on any atom is 0.146 e. The molecular formula is C16H17N3O. The standard InChI is InChI=1S/C16H17N3O/c1-16(2,3)11-7-6-10-14(15(11)20)19-17-12-8-4-5-9-13(12)18(17)19/h4-10,20H,1-3H3. The molecule has 102 valence electrons. The van der Waals surface area contributed by atoms with Crippen molar-refractivity contribution in [3.63, 3.8) is 0 Å². The highest BCUT2D eigenvalue weighted by Crippen LogP contribution is 2.37. The van der Waals surface area contributed by atoms with Crippen LogP contribution in [0.25, 0.3) is 16.7 Å². The summed E-state index contributed by atoms with van der Waals surface area (Å²) >= 11 is 0. The molecule has 0 saturated carbocycles. The Kier molecular flexibility index (Phi) is 1.94. The van der Waals surface area contributed by atoms with Crippen LogP contribution in [0.5, 0.6) is 5.75 Å². The number of hydrogen-bond acceptors (Lipinski definition) is 1. The molecular weight excluding hydrogens is 250 g/mol. The predicted molar refractivity (Wildman–Crippen MR) is 79.2 cm³/mol. The molecule has 4 aromatic rings. The lowest BCUT2D eigenvalue weighted by Crippen LogP contribution is -2.11. The molecule has 2 heterocycles. The monoisotopic (exact) mass is 267 g/mol. The molecule has 0 fully saturated rings. The Balaban J connectivity index is 1.93. The van der Waals surface area contributed by atoms with Crippen LogP contribution in [0.4, 0.5) is 0 Å². The number of hydrogen-bond donors (Lipinski definition) is 1. The smallest absolute Gasteiger partial charge is 0.146 e. The molecule has 1 N–H and O–H groups in total. The highest BCUT2D eigenvalue weighted by atomic mass is 16.3. The van der Waals surface area contributed by atoms with Gasteiger partial charge in [-0.05, 0) is 23.6 Å². The number of phenols is 1. The van der Waals surface area contributed by atoms with Gasteiger partial charge >= 0.3 is 0 Å². The number of aromatic nitrogens is 3. The fourth-order valence-electron chi connectivity index (χ4n) is 2.79. The molecule has 0 unspecified atom stereocenters. The van der Waals surface area contributed by atoms with Gasteiger partial charge in [-0.15, -0.1) is 14.1 Å². The normalized spacial score (nSPS) is 12.9. The quantitative estimate of drug-likeness (QED) is 0.563. The van der Waals surface area contributed by atoms with Crippen LogP contribution in [0.3, 0.4) is 0 Å². The molecule has 0 saturated heterocycles. The summed E-state index contributed by atoms with van der Waals surface area (Å²) in [5.41, 5.74) is 4.06. The van der Waals surface area contributed by atoms with Gasteiger partial charge in [-0.2, -0.15) is 0 Å². The van der Waals surface area contributed by atoms with Crippen molar-refractivity contribution in [3.05, 3.63) is 48.0 Å². The van der Waals surface area contributed by atoms with E-state index in [9.17, 15) is 5.11 Å². The first-order valence-corrected chi connectivity index (χ1v) is 6.82. The Morgan fingerprint density at radius 2 is 1.45 bits per heavy atom. The minimum atomic E-state index is -0.0767. The summed E-state index contributed by atoms with van der Waals surface area (Å²) in [4.78, 5) is 2.00. The third-order valence-corrected chi connectivity index (χ3v) is 3.86. The van der Waals surface area contributed by atoms with E-state index in [4.69, 9.17) is 0 Å². The van der Waals surface area contributed by atoms with E-state index in [2.05, 4.69) is 42.2 Å². The number of rotatable bonds is 1. The van der Waals surface area contributed by atoms with Crippen LogP contribution >= 0.6 is 0 Å². The van der Waals surface area contributed by atoms with Crippen LogP contribution in [0.15, 0.2) is 42.5 Å². The second kappa shape index (κ2) is 3.39. The minimum Gasteiger partial charge on any atom is -0.505 e. The first-order chi connectivity index (χ1) is 9.50. The van der Waals surface area contributed by atoms with E-state index in [0.29, 0.717) is 5.75 Å². The average molecular weight is 267 g/mol. The van der Waals surface area contributed by atoms with Crippen LogP contribution in [-0.4, -0.2) is 19.2 Å². The van der Waals surface area contributed by atoms with E-state index in [-0.39, 0.29) is 5.41 Å². The van der Waals surface area contributed by atoms with Gasteiger partial charge in [0, 0.05) is 5.56 Å². The fourth-order valence-corrected chi connectivity index (χ4v) is 2.79. The van der Waals surface area contributed by atoms with Crippen molar-refractivity contribution in [1.29, 1.82) is 0 Å². The topological polar surface area (TPSA) is 34.0 Å². The zero-order valence-electron chi connectivity index (χ0n) is 11.8. The number of phenolic OH excluding ortho intramolecular Hbond substituents is 1. The summed E-state index contributed by atoms with van der Waals surface area (Å²) in [6.45, 7) is 6.33. The summed E-state index contributed by atoms with van der Waals surface area (Å²) in [5, 5.41) is 10.6. The lowest BCUT2D eigenvalue weighted by Gasteiger charge is -2.20. The first kappa shape index (κ1) is 11.5. The van der Waals surface area contributed by atoms with Crippen molar-refractivity contribution < 1.29 is 5.11 Å². The summed E-state index contributed by atoms with van der Waals surface area (Å²) in [6, 6.07) is 14.1. The third-order valence-electron chi connectivity index (χ3n) is 3.86. The van der Waals surface area contributed by atoms with Gasteiger partial charge < -0.3 is 5.11 Å². The van der Waals surface area contributed by atoms with Gasteiger partial charge in [0.2, 0.25) is 0 Å². The molecule has 4 rings (SSSR count). The summed E-state index contributed by atoms with van der Waals surface area (Å²) < 4.78 is 4.10. The van der Waals surface area contributed by atoms with E-state index in [1.165, 1.54) is 11.0 Å². The third kappa shape index (κ3) is 1.31. The Morgan fingerprint density at radius 3 is 2.00 bits per heavy atom. The van der Waals surface area contributed by atoms with E-state index in [1.54, 1.807) is 0 Å². The molecule has 4 heteroatoms. The highest BCUT2D eigenvalue weighted by molar-refractivity contribution is 5.79. The number of benzene rings is 2. The molecule has 20 heavy (non-hydrogen) atoms. The Morgan fingerprint density at radius 1 is 0.850 bits per heavy atom. The van der Waals surface area contributed by atoms with Crippen LogP contribution in [0.2, 0.25) is 0 Å². The maximum absolute atomic E-state index is 10.6. The Labute approximate surface area is 116 Å². The molecule has 0 aliphatic rings. The lowest BCUT2D eigenvalue weighted by atomic mass is 9.86. The van der Waals surface area contributed by atoms with Crippen molar-refractivity contribution >= 4 is 11.0 Å². The molecule has 4 nitrogen and oxygen atoms in total. The molecule has 0 bridgehead atoms. The van der Waals surface area contributed by atoms with Crippen molar-refractivity contribution in [2.75, 3.05) is 0 Å². The van der Waals surface area contributed by atoms with Crippen LogP contribution in [0, 0.1) is 0 Å². The molecule has 0 aliphatic carbocycles. The number of fused-ring (bicyclic) bond motifs is 4. The van der Waals surface area contributed by atoms with Crippen LogP contribution in [-0.2, 0) is 5.41 Å². The summed E-state index contributed by atoms with van der Waals surface area (Å²) in [6.07, 6.45) is 0. The maximum atomic E-state index is 10.6. The fraction of sp³-hybridized carbons (Fsp3) is 0.250. The highest BCUT2D eigenvalue weighted by Gasteiger charge is 2.27. The van der Waals surface area contributed by atoms with E-state index < -0.39 is 0 Å². The molecule has 0 radical (unpaired) electrons. The number of para-hydroxylation sites is 3. The van der Waals surface area contributed by atoms with Crippen molar-refractivity contribution in [2.24, 2.45) is 0 Å². The minimum absolute atomic E-state index is 0.0767. The van der Waals surface area contributed by atoms with E-state index in [0.717, 1.165) is 11.3 Å². The zero-order chi connectivity index (χ0) is 14.1. The van der Waals surface area contributed by atoms with Crippen LogP contribution < -0.4 is 0 Å². The number of nitrogens with zero attached hydrogens (tertiary/aromatic N) is 3. The molecule has 0 amide bonds. The van der Waals surface area contributed by atoms with Gasteiger partial charge in [0.05, 0.1) is 0 Å². The number of aromatic hydroxyl groups is 1. The summed E-state index contributed by atoms with van der Waals surface area (Å²) in [5.74, 6) is 0.361. The summed E-state index contributed by atoms with van der Waals surface area (Å²) in [7, 11) is 0. The Bertz CT molecular complexity index is 859. The lowest BCUT2D eigenvalue weighted by molar-refractivity contribution is 0.444. The SMILES string of the molecule is CC(C)(C)c1cccc(-n2n3c4ccccc4n23)c1O. The molecule has 0 spiro atoms. The van der Waals surface area contributed by atoms with Crippen LogP contribution in [0.1, 0.15) is 26.3 Å². The Hall–Kier alpha value is -2.36. The first-order valence-electron chi connectivity index (χ1n) is 6.82. The van der Waals surface area contributed by atoms with E-state index >= 15 is 0 Å². The molecule has 0 atom stereocenters. The zero-order valence-corrected chi connectivity index (χ0v) is 11.8. The van der Waals surface area contributed by atoms with Gasteiger partial charge in [0.15, 0.2) is 0 Å². The van der Waals surface area contributed by atoms with Gasteiger partial charge in [-0.25, -0.2) is 0 Å². The average Bonchev–Trinajstić information content (AvgIpc) is 3.03. The second-order valence-electron chi connectivity index (χ2n) is 6.28. The predicted octanol–water partition coefficient (Wildman–Crippen LogP) is 3.42. The van der Waals surface area contributed by atoms with Gasteiger partial charge in [-0.3, -0.25) is 0 Å². The van der Waals surface area contributed by atoms with Crippen molar-refractivity contribution in [1.82, 2.24) is 14.1 Å². The largest absolute Gasteiger partial charge is 0.505 e. The molecule has 2 aromatic carbocycles. The molecule has 2 aromatic heterocycles. The van der Waals surface area contributed by atoms with Gasteiger partial charge in [0.25, 0.3) is 0 Å². The molecule has 0 aliphatic heterocycles. The van der Waals surface area contributed by atoms with Crippen molar-refractivity contribution in [3.8, 4) is 11.4 Å². The van der Waals surface area contributed by atoms with Gasteiger partial charge in [-0.1, -0.05) is 45.0 Å². The van der Waals surface area contributed by atoms with Gasteiger partial charge in [0.1, 0.15) is 22.5 Å². The van der Waals surface area contributed by atoms with Crippen molar-refractivity contribution in [2.45, 2.75) is 26.2 Å².